The molecule has 216 valence electrons. The number of carbonyl (C=O) groups excluding carboxylic acids is 4. The van der Waals surface area contributed by atoms with Crippen LogP contribution in [0.4, 0.5) is 0 Å². The summed E-state index contributed by atoms with van der Waals surface area (Å²) in [6, 6.07) is 3.55. The molecule has 2 saturated heterocycles. The van der Waals surface area contributed by atoms with Gasteiger partial charge < -0.3 is 18.9 Å². The molecule has 6 bridgehead atoms. The molecule has 0 aromatic heterocycles. The predicted octanol–water partition coefficient (Wildman–Crippen LogP) is 4.76. The summed E-state index contributed by atoms with van der Waals surface area (Å²) >= 11 is 4.71. The second-order valence-electron chi connectivity index (χ2n) is 13.3. The molecule has 0 radical (unpaired) electrons. The first kappa shape index (κ1) is 27.8. The summed E-state index contributed by atoms with van der Waals surface area (Å²) in [6.07, 6.45) is 0.178. The Morgan fingerprint density at radius 1 is 0.975 bits per heavy atom. The molecule has 0 N–H and O–H groups in total. The van der Waals surface area contributed by atoms with Crippen molar-refractivity contribution < 1.29 is 38.1 Å². The Balaban J connectivity index is 1.23. The smallest absolute Gasteiger partial charge is 0.328 e. The van der Waals surface area contributed by atoms with Gasteiger partial charge >= 0.3 is 17.9 Å². The van der Waals surface area contributed by atoms with Crippen LogP contribution in [-0.2, 0) is 33.4 Å². The average molecular weight is 571 g/mol. The molecule has 7 unspecified atom stereocenters. The van der Waals surface area contributed by atoms with Crippen molar-refractivity contribution in [3.05, 3.63) is 23.3 Å². The Bertz CT molecular complexity index is 1220. The van der Waals surface area contributed by atoms with E-state index in [2.05, 4.69) is 0 Å². The zero-order valence-corrected chi connectivity index (χ0v) is 24.6. The van der Waals surface area contributed by atoms with Crippen molar-refractivity contribution in [2.75, 3.05) is 0 Å². The van der Waals surface area contributed by atoms with Gasteiger partial charge in [0.05, 0.1) is 11.5 Å². The third-order valence-electron chi connectivity index (χ3n) is 9.85. The second-order valence-corrected chi connectivity index (χ2v) is 13.7. The number of hydrogen-bond donors (Lipinski definition) is 1. The lowest BCUT2D eigenvalue weighted by Gasteiger charge is -2.54. The molecule has 0 amide bonds. The van der Waals surface area contributed by atoms with E-state index >= 15 is 0 Å². The van der Waals surface area contributed by atoms with E-state index in [0.717, 1.165) is 28.9 Å². The molecule has 4 saturated carbocycles. The van der Waals surface area contributed by atoms with Gasteiger partial charge in [0.1, 0.15) is 17.6 Å². The maximum Gasteiger partial charge on any atom is 0.328 e. The second kappa shape index (κ2) is 9.86. The van der Waals surface area contributed by atoms with Crippen LogP contribution in [0.3, 0.4) is 0 Å². The predicted molar refractivity (Wildman–Crippen MR) is 146 cm³/mol. The van der Waals surface area contributed by atoms with E-state index in [1.807, 2.05) is 27.7 Å². The van der Waals surface area contributed by atoms with Crippen molar-refractivity contribution in [3.8, 4) is 5.75 Å². The standard InChI is InChI=1S/C31H38O8S/c1-13(2)20-8-19(9-21(14(3)4)27(20)40)37-28(33)22-25-26(24(15(5)36-25)38-29(22)34)39-30(35)31-10-16-6-17(11-31)23(32)18(7-16)12-31/h8-9,13-18,22,24-26,40H,6-7,10-12H2,1-5H3. The van der Waals surface area contributed by atoms with Gasteiger partial charge in [-0.15, -0.1) is 12.6 Å². The number of ether oxygens (including phenoxy) is 4. The molecular formula is C31H38O8S. The molecule has 9 heteroatoms. The van der Waals surface area contributed by atoms with Crippen LogP contribution in [0.5, 0.6) is 5.75 Å². The first-order chi connectivity index (χ1) is 18.9. The van der Waals surface area contributed by atoms with Gasteiger partial charge in [-0.25, -0.2) is 0 Å². The maximum absolute atomic E-state index is 13.7. The van der Waals surface area contributed by atoms with E-state index in [1.54, 1.807) is 19.1 Å². The molecule has 7 rings (SSSR count). The van der Waals surface area contributed by atoms with Gasteiger partial charge in [0.15, 0.2) is 18.1 Å². The number of hydrogen-bond acceptors (Lipinski definition) is 9. The Hall–Kier alpha value is -2.39. The van der Waals surface area contributed by atoms with Crippen LogP contribution in [0, 0.1) is 29.1 Å². The minimum Gasteiger partial charge on any atom is -0.455 e. The van der Waals surface area contributed by atoms with E-state index < -0.39 is 47.7 Å². The minimum atomic E-state index is -1.39. The summed E-state index contributed by atoms with van der Waals surface area (Å²) in [5, 5.41) is 0. The minimum absolute atomic E-state index is 0.0762. The van der Waals surface area contributed by atoms with Gasteiger partial charge in [0.25, 0.3) is 0 Å². The van der Waals surface area contributed by atoms with E-state index in [-0.39, 0.29) is 35.4 Å². The zero-order valence-electron chi connectivity index (χ0n) is 23.7. The van der Waals surface area contributed by atoms with Crippen LogP contribution in [0.15, 0.2) is 17.0 Å². The van der Waals surface area contributed by atoms with Crippen LogP contribution in [0.25, 0.3) is 0 Å². The number of ketones is 1. The van der Waals surface area contributed by atoms with Crippen molar-refractivity contribution in [1.29, 1.82) is 0 Å². The van der Waals surface area contributed by atoms with Crippen molar-refractivity contribution in [3.63, 3.8) is 0 Å². The summed E-state index contributed by atoms with van der Waals surface area (Å²) in [7, 11) is 0. The summed E-state index contributed by atoms with van der Waals surface area (Å²) in [5.41, 5.74) is 1.19. The molecule has 1 aromatic rings. The third-order valence-corrected chi connectivity index (χ3v) is 10.4. The highest BCUT2D eigenvalue weighted by molar-refractivity contribution is 7.80. The van der Waals surface area contributed by atoms with Crippen molar-refractivity contribution >= 4 is 36.3 Å². The lowest BCUT2D eigenvalue weighted by molar-refractivity contribution is -0.199. The molecule has 2 aliphatic heterocycles. The first-order valence-electron chi connectivity index (χ1n) is 14.6. The Labute approximate surface area is 240 Å². The summed E-state index contributed by atoms with van der Waals surface area (Å²) in [5.74, 6) is -2.19. The number of carbonyl (C=O) groups is 4. The summed E-state index contributed by atoms with van der Waals surface area (Å²) in [4.78, 5) is 53.8. The zero-order chi connectivity index (χ0) is 28.7. The quantitative estimate of drug-likeness (QED) is 0.226. The van der Waals surface area contributed by atoms with Crippen LogP contribution in [0.2, 0.25) is 0 Å². The van der Waals surface area contributed by atoms with Crippen LogP contribution in [0.1, 0.15) is 89.7 Å². The topological polar surface area (TPSA) is 105 Å². The lowest BCUT2D eigenvalue weighted by Crippen LogP contribution is -2.58. The van der Waals surface area contributed by atoms with Gasteiger partial charge in [-0.3, -0.25) is 19.2 Å². The van der Waals surface area contributed by atoms with Gasteiger partial charge in [0, 0.05) is 16.7 Å². The van der Waals surface area contributed by atoms with E-state index in [1.165, 1.54) is 0 Å². The molecule has 8 nitrogen and oxygen atoms in total. The molecule has 2 heterocycles. The van der Waals surface area contributed by atoms with Gasteiger partial charge in [-0.2, -0.15) is 0 Å². The Morgan fingerprint density at radius 2 is 1.57 bits per heavy atom. The van der Waals surface area contributed by atoms with Gasteiger partial charge in [-0.1, -0.05) is 27.7 Å². The normalized spacial score (nSPS) is 37.7. The first-order valence-corrected chi connectivity index (χ1v) is 15.0. The Kier molecular flexibility index (Phi) is 6.85. The van der Waals surface area contributed by atoms with Crippen molar-refractivity contribution in [2.24, 2.45) is 29.1 Å². The lowest BCUT2D eigenvalue weighted by atomic mass is 9.49. The van der Waals surface area contributed by atoms with Crippen LogP contribution >= 0.6 is 12.6 Å². The Morgan fingerprint density at radius 3 is 2.15 bits per heavy atom. The summed E-state index contributed by atoms with van der Waals surface area (Å²) in [6.45, 7) is 9.89. The molecule has 1 aromatic carbocycles. The molecule has 6 aliphatic rings. The van der Waals surface area contributed by atoms with Crippen LogP contribution in [-0.4, -0.2) is 48.1 Å². The molecule has 0 spiro atoms. The number of benzene rings is 1. The highest BCUT2D eigenvalue weighted by Gasteiger charge is 2.63. The highest BCUT2D eigenvalue weighted by Crippen LogP contribution is 2.59. The number of esters is 3. The SMILES string of the molecule is CC(C)c1cc(OC(=O)C2C(=O)OC3C(C)OC2C3OC(=O)C23CC4CC(C2)C(=O)C(C4)C3)cc(C(C)C)c1S. The third kappa shape index (κ3) is 4.39. The maximum atomic E-state index is 13.7. The van der Waals surface area contributed by atoms with E-state index in [9.17, 15) is 19.2 Å². The monoisotopic (exact) mass is 570 g/mol. The summed E-state index contributed by atoms with van der Waals surface area (Å²) < 4.78 is 23.5. The fraction of sp³-hybridized carbons (Fsp3) is 0.677. The number of rotatable bonds is 6. The number of Topliss-reactive ketones (excluding diaryl/α,β-unsaturated/α-hetero) is 1. The number of thiol groups is 1. The van der Waals surface area contributed by atoms with E-state index in [0.29, 0.717) is 30.9 Å². The van der Waals surface area contributed by atoms with Crippen LogP contribution < -0.4 is 4.74 Å². The molecule has 7 atom stereocenters. The molecular weight excluding hydrogens is 532 g/mol. The van der Waals surface area contributed by atoms with Crippen molar-refractivity contribution in [1.82, 2.24) is 0 Å². The molecule has 6 fully saturated rings. The average Bonchev–Trinajstić information content (AvgIpc) is 3.08. The van der Waals surface area contributed by atoms with Gasteiger partial charge in [-0.05, 0) is 80.0 Å². The molecule has 40 heavy (non-hydrogen) atoms. The largest absolute Gasteiger partial charge is 0.455 e. The molecule has 4 aliphatic carbocycles. The van der Waals surface area contributed by atoms with Crippen molar-refractivity contribution in [2.45, 2.75) is 108 Å². The van der Waals surface area contributed by atoms with Gasteiger partial charge in [0.2, 0.25) is 0 Å². The highest BCUT2D eigenvalue weighted by atomic mass is 32.1. The fourth-order valence-electron chi connectivity index (χ4n) is 8.01. The number of fused-ring (bicyclic) bond motifs is 2. The fourth-order valence-corrected chi connectivity index (χ4v) is 8.66. The van der Waals surface area contributed by atoms with E-state index in [4.69, 9.17) is 31.6 Å².